The molecule has 2 N–H and O–H groups in total. The van der Waals surface area contributed by atoms with Crippen molar-refractivity contribution in [3.8, 4) is 5.75 Å². The number of aryl methyl sites for hydroxylation is 1. The Hall–Kier alpha value is -1.02. The van der Waals surface area contributed by atoms with Crippen molar-refractivity contribution in [1.82, 2.24) is 0 Å². The van der Waals surface area contributed by atoms with Crippen molar-refractivity contribution in [1.29, 1.82) is 0 Å². The highest BCUT2D eigenvalue weighted by molar-refractivity contribution is 5.44. The highest BCUT2D eigenvalue weighted by Gasteiger charge is 2.47. The Bertz CT molecular complexity index is 435. The van der Waals surface area contributed by atoms with Crippen molar-refractivity contribution in [2.45, 2.75) is 57.1 Å². The Labute approximate surface area is 103 Å². The van der Waals surface area contributed by atoms with Gasteiger partial charge < -0.3 is 10.5 Å². The lowest BCUT2D eigenvalue weighted by atomic mass is 9.87. The van der Waals surface area contributed by atoms with E-state index in [1.165, 1.54) is 24.0 Å². The first-order valence-corrected chi connectivity index (χ1v) is 6.67. The predicted molar refractivity (Wildman–Crippen MR) is 69.4 cm³/mol. The Kier molecular flexibility index (Phi) is 2.44. The first kappa shape index (κ1) is 11.1. The number of hydrogen-bond acceptors (Lipinski definition) is 2. The van der Waals surface area contributed by atoms with Crippen LogP contribution in [-0.2, 0) is 11.8 Å². The normalized spacial score (nSPS) is 26.9. The largest absolute Gasteiger partial charge is 0.490 e. The maximum Gasteiger partial charge on any atom is 0.122 e. The molecule has 0 amide bonds. The van der Waals surface area contributed by atoms with Crippen LogP contribution in [0.4, 0.5) is 0 Å². The van der Waals surface area contributed by atoms with Gasteiger partial charge >= 0.3 is 0 Å². The number of benzene rings is 1. The number of ether oxygens (including phenoxy) is 1. The third kappa shape index (κ3) is 1.75. The molecule has 1 aliphatic carbocycles. The van der Waals surface area contributed by atoms with E-state index in [2.05, 4.69) is 32.0 Å². The second-order valence-corrected chi connectivity index (χ2v) is 5.73. The van der Waals surface area contributed by atoms with E-state index in [0.717, 1.165) is 18.6 Å². The molecular formula is C15H21NO. The molecule has 1 aromatic rings. The fourth-order valence-electron chi connectivity index (χ4n) is 2.98. The van der Waals surface area contributed by atoms with Crippen molar-refractivity contribution >= 4 is 0 Å². The van der Waals surface area contributed by atoms with Gasteiger partial charge in [0.25, 0.3) is 0 Å². The predicted octanol–water partition coefficient (Wildman–Crippen LogP) is 2.78. The highest BCUT2D eigenvalue weighted by atomic mass is 16.5. The molecule has 0 radical (unpaired) electrons. The maximum atomic E-state index is 6.13. The van der Waals surface area contributed by atoms with E-state index in [9.17, 15) is 0 Å². The SMILES string of the molecule is CC1CCc2cc(C3(C(C)N)CC3)ccc2O1. The van der Waals surface area contributed by atoms with Crippen molar-refractivity contribution in [2.75, 3.05) is 0 Å². The molecule has 0 aromatic heterocycles. The molecule has 2 unspecified atom stereocenters. The van der Waals surface area contributed by atoms with E-state index in [-0.39, 0.29) is 11.5 Å². The second-order valence-electron chi connectivity index (χ2n) is 5.73. The molecule has 1 saturated carbocycles. The lowest BCUT2D eigenvalue weighted by Crippen LogP contribution is -2.31. The third-order valence-corrected chi connectivity index (χ3v) is 4.44. The van der Waals surface area contributed by atoms with Crippen molar-refractivity contribution < 1.29 is 4.74 Å². The zero-order valence-electron chi connectivity index (χ0n) is 10.7. The summed E-state index contributed by atoms with van der Waals surface area (Å²) in [6, 6.07) is 6.94. The fourth-order valence-corrected chi connectivity index (χ4v) is 2.98. The topological polar surface area (TPSA) is 35.2 Å². The molecule has 1 aromatic carbocycles. The Balaban J connectivity index is 1.94. The van der Waals surface area contributed by atoms with Gasteiger partial charge in [-0.05, 0) is 56.7 Å². The summed E-state index contributed by atoms with van der Waals surface area (Å²) >= 11 is 0. The summed E-state index contributed by atoms with van der Waals surface area (Å²) < 4.78 is 5.85. The second kappa shape index (κ2) is 3.74. The van der Waals surface area contributed by atoms with Crippen LogP contribution in [0.5, 0.6) is 5.75 Å². The molecule has 17 heavy (non-hydrogen) atoms. The van der Waals surface area contributed by atoms with E-state index in [1.54, 1.807) is 0 Å². The Morgan fingerprint density at radius 2 is 2.18 bits per heavy atom. The lowest BCUT2D eigenvalue weighted by Gasteiger charge is -2.26. The van der Waals surface area contributed by atoms with Gasteiger partial charge in [-0.1, -0.05) is 12.1 Å². The number of rotatable bonds is 2. The van der Waals surface area contributed by atoms with Crippen molar-refractivity contribution in [2.24, 2.45) is 5.73 Å². The van der Waals surface area contributed by atoms with Gasteiger partial charge in [-0.3, -0.25) is 0 Å². The van der Waals surface area contributed by atoms with E-state index in [4.69, 9.17) is 10.5 Å². The minimum absolute atomic E-state index is 0.254. The molecule has 2 heteroatoms. The van der Waals surface area contributed by atoms with Gasteiger partial charge in [0, 0.05) is 11.5 Å². The minimum atomic E-state index is 0.254. The molecule has 1 heterocycles. The van der Waals surface area contributed by atoms with Gasteiger partial charge in [0.05, 0.1) is 6.10 Å². The third-order valence-electron chi connectivity index (χ3n) is 4.44. The molecule has 92 valence electrons. The average Bonchev–Trinajstić information content (AvgIpc) is 3.09. The highest BCUT2D eigenvalue weighted by Crippen LogP contribution is 2.51. The van der Waals surface area contributed by atoms with Crippen LogP contribution in [0.2, 0.25) is 0 Å². The summed E-state index contributed by atoms with van der Waals surface area (Å²) in [4.78, 5) is 0. The van der Waals surface area contributed by atoms with E-state index >= 15 is 0 Å². The van der Waals surface area contributed by atoms with Crippen LogP contribution < -0.4 is 10.5 Å². The molecule has 0 spiro atoms. The van der Waals surface area contributed by atoms with Crippen LogP contribution in [0.1, 0.15) is 44.2 Å². The van der Waals surface area contributed by atoms with E-state index in [0.29, 0.717) is 6.10 Å². The van der Waals surface area contributed by atoms with Gasteiger partial charge in [-0.25, -0.2) is 0 Å². The summed E-state index contributed by atoms with van der Waals surface area (Å²) in [5, 5.41) is 0. The van der Waals surface area contributed by atoms with Gasteiger partial charge in [-0.2, -0.15) is 0 Å². The van der Waals surface area contributed by atoms with Crippen LogP contribution >= 0.6 is 0 Å². The average molecular weight is 231 g/mol. The van der Waals surface area contributed by atoms with Gasteiger partial charge in [0.15, 0.2) is 0 Å². The Morgan fingerprint density at radius 3 is 2.82 bits per heavy atom. The lowest BCUT2D eigenvalue weighted by molar-refractivity contribution is 0.192. The summed E-state index contributed by atoms with van der Waals surface area (Å²) in [5.41, 5.74) is 9.18. The number of nitrogens with two attached hydrogens (primary N) is 1. The zero-order chi connectivity index (χ0) is 12.0. The van der Waals surface area contributed by atoms with Crippen LogP contribution in [0.15, 0.2) is 18.2 Å². The van der Waals surface area contributed by atoms with E-state index < -0.39 is 0 Å². The number of fused-ring (bicyclic) bond motifs is 1. The van der Waals surface area contributed by atoms with Gasteiger partial charge in [0.1, 0.15) is 5.75 Å². The zero-order valence-corrected chi connectivity index (χ0v) is 10.7. The molecular weight excluding hydrogens is 210 g/mol. The quantitative estimate of drug-likeness (QED) is 0.849. The van der Waals surface area contributed by atoms with Crippen LogP contribution in [0.25, 0.3) is 0 Å². The minimum Gasteiger partial charge on any atom is -0.490 e. The Morgan fingerprint density at radius 1 is 1.41 bits per heavy atom. The summed E-state index contributed by atoms with van der Waals surface area (Å²) in [6.07, 6.45) is 5.10. The molecule has 0 saturated heterocycles. The van der Waals surface area contributed by atoms with Crippen molar-refractivity contribution in [3.63, 3.8) is 0 Å². The van der Waals surface area contributed by atoms with Crippen LogP contribution in [-0.4, -0.2) is 12.1 Å². The molecule has 2 nitrogen and oxygen atoms in total. The fraction of sp³-hybridized carbons (Fsp3) is 0.600. The molecule has 2 aliphatic rings. The summed E-state index contributed by atoms with van der Waals surface area (Å²) in [5.74, 6) is 1.08. The molecule has 1 fully saturated rings. The van der Waals surface area contributed by atoms with Crippen LogP contribution in [0, 0.1) is 0 Å². The molecule has 0 bridgehead atoms. The standard InChI is InChI=1S/C15H21NO/c1-10-3-4-12-9-13(5-6-14(12)17-10)15(7-8-15)11(2)16/h5-6,9-11H,3-4,7-8,16H2,1-2H3. The first-order valence-electron chi connectivity index (χ1n) is 6.67. The summed E-state index contributed by atoms with van der Waals surface area (Å²) in [6.45, 7) is 4.27. The molecule has 1 aliphatic heterocycles. The number of hydrogen-bond donors (Lipinski definition) is 1. The van der Waals surface area contributed by atoms with Gasteiger partial charge in [-0.15, -0.1) is 0 Å². The van der Waals surface area contributed by atoms with Gasteiger partial charge in [0.2, 0.25) is 0 Å². The molecule has 2 atom stereocenters. The smallest absolute Gasteiger partial charge is 0.122 e. The first-order chi connectivity index (χ1) is 8.12. The van der Waals surface area contributed by atoms with Crippen LogP contribution in [0.3, 0.4) is 0 Å². The molecule has 3 rings (SSSR count). The maximum absolute atomic E-state index is 6.13. The van der Waals surface area contributed by atoms with E-state index in [1.807, 2.05) is 0 Å². The van der Waals surface area contributed by atoms with Crippen molar-refractivity contribution in [3.05, 3.63) is 29.3 Å². The summed E-state index contributed by atoms with van der Waals surface area (Å²) in [7, 11) is 0. The monoisotopic (exact) mass is 231 g/mol.